The van der Waals surface area contributed by atoms with Crippen molar-refractivity contribution >= 4 is 0 Å². The van der Waals surface area contributed by atoms with Gasteiger partial charge in [-0.1, -0.05) is 13.3 Å². The molecule has 5 heteroatoms. The maximum Gasteiger partial charge on any atom is 0.216 e. The quantitative estimate of drug-likeness (QED) is 0.727. The first-order valence-corrected chi connectivity index (χ1v) is 6.89. The monoisotopic (exact) mass is 278 g/mol. The Kier molecular flexibility index (Phi) is 5.09. The molecule has 2 rings (SSSR count). The zero-order chi connectivity index (χ0) is 14.4. The highest BCUT2D eigenvalue weighted by Crippen LogP contribution is 2.19. The van der Waals surface area contributed by atoms with Crippen molar-refractivity contribution in [2.75, 3.05) is 6.61 Å². The number of hydrogen-bond acceptors (Lipinski definition) is 4. The lowest BCUT2D eigenvalue weighted by Crippen LogP contribution is -2.00. The van der Waals surface area contributed by atoms with Gasteiger partial charge in [-0.05, 0) is 36.6 Å². The highest BCUT2D eigenvalue weighted by atomic mass is 19.1. The summed E-state index contributed by atoms with van der Waals surface area (Å²) in [5.74, 6) is 1.52. The van der Waals surface area contributed by atoms with Crippen LogP contribution in [0.25, 0.3) is 0 Å². The number of nitrogens with zero attached hydrogens (tertiary/aromatic N) is 2. The Labute approximate surface area is 118 Å². The van der Waals surface area contributed by atoms with Crippen molar-refractivity contribution in [1.82, 2.24) is 10.2 Å². The normalized spacial score (nSPS) is 10.8. The minimum absolute atomic E-state index is 0.232. The number of unbranched alkanes of at least 4 members (excludes halogenated alkanes) is 1. The largest absolute Gasteiger partial charge is 0.494 e. The predicted molar refractivity (Wildman–Crippen MR) is 73.2 cm³/mol. The van der Waals surface area contributed by atoms with E-state index in [2.05, 4.69) is 17.1 Å². The molecule has 2 aromatic rings. The molecule has 0 aliphatic rings. The lowest BCUT2D eigenvalue weighted by atomic mass is 10.1. The van der Waals surface area contributed by atoms with Gasteiger partial charge in [0.05, 0.1) is 6.61 Å². The van der Waals surface area contributed by atoms with Crippen LogP contribution in [0.4, 0.5) is 4.39 Å². The van der Waals surface area contributed by atoms with E-state index < -0.39 is 0 Å². The van der Waals surface area contributed by atoms with Crippen molar-refractivity contribution in [3.63, 3.8) is 0 Å². The topological polar surface area (TPSA) is 48.2 Å². The van der Waals surface area contributed by atoms with Gasteiger partial charge in [-0.2, -0.15) is 0 Å². The average molecular weight is 278 g/mol. The van der Waals surface area contributed by atoms with Gasteiger partial charge in [0, 0.05) is 13.3 Å². The van der Waals surface area contributed by atoms with Gasteiger partial charge in [0.25, 0.3) is 0 Å². The number of aromatic nitrogens is 2. The molecule has 0 fully saturated rings. The van der Waals surface area contributed by atoms with Gasteiger partial charge in [0.15, 0.2) is 0 Å². The van der Waals surface area contributed by atoms with E-state index in [0.717, 1.165) is 12.8 Å². The Morgan fingerprint density at radius 2 is 2.10 bits per heavy atom. The van der Waals surface area contributed by atoms with Crippen LogP contribution in [0.3, 0.4) is 0 Å². The van der Waals surface area contributed by atoms with Gasteiger partial charge in [0.2, 0.25) is 11.8 Å². The van der Waals surface area contributed by atoms with Gasteiger partial charge in [-0.25, -0.2) is 4.39 Å². The third-order valence-electron chi connectivity index (χ3n) is 2.96. The SMILES string of the molecule is CCCCOc1ccc(F)c(CCc2nnc(C)o2)c1. The predicted octanol–water partition coefficient (Wildman–Crippen LogP) is 3.48. The highest BCUT2D eigenvalue weighted by Gasteiger charge is 2.08. The second kappa shape index (κ2) is 7.03. The Morgan fingerprint density at radius 3 is 2.80 bits per heavy atom. The molecule has 0 saturated heterocycles. The van der Waals surface area contributed by atoms with Crippen LogP contribution < -0.4 is 4.74 Å². The van der Waals surface area contributed by atoms with Crippen LogP contribution in [0.5, 0.6) is 5.75 Å². The number of aryl methyl sites for hydroxylation is 3. The van der Waals surface area contributed by atoms with E-state index >= 15 is 0 Å². The molecule has 0 radical (unpaired) electrons. The number of hydrogen-bond donors (Lipinski definition) is 0. The van der Waals surface area contributed by atoms with Gasteiger partial charge < -0.3 is 9.15 Å². The zero-order valence-corrected chi connectivity index (χ0v) is 11.9. The molecular formula is C15H19FN2O2. The smallest absolute Gasteiger partial charge is 0.216 e. The van der Waals surface area contributed by atoms with E-state index in [9.17, 15) is 4.39 Å². The van der Waals surface area contributed by atoms with Gasteiger partial charge in [0.1, 0.15) is 11.6 Å². The fourth-order valence-electron chi connectivity index (χ4n) is 1.85. The number of benzene rings is 1. The summed E-state index contributed by atoms with van der Waals surface area (Å²) in [5.41, 5.74) is 0.606. The molecule has 20 heavy (non-hydrogen) atoms. The molecule has 0 spiro atoms. The molecule has 1 aromatic heterocycles. The average Bonchev–Trinajstić information content (AvgIpc) is 2.85. The summed E-state index contributed by atoms with van der Waals surface area (Å²) in [6.45, 7) is 4.50. The van der Waals surface area contributed by atoms with E-state index in [1.54, 1.807) is 19.1 Å². The fourth-order valence-corrected chi connectivity index (χ4v) is 1.85. The summed E-state index contributed by atoms with van der Waals surface area (Å²) >= 11 is 0. The van der Waals surface area contributed by atoms with Crippen LogP contribution in [0.15, 0.2) is 22.6 Å². The molecule has 0 bridgehead atoms. The molecule has 1 heterocycles. The second-order valence-corrected chi connectivity index (χ2v) is 4.67. The number of ether oxygens (including phenoxy) is 1. The van der Waals surface area contributed by atoms with Crippen molar-refractivity contribution < 1.29 is 13.5 Å². The Bertz CT molecular complexity index is 555. The molecule has 0 unspecified atom stereocenters. The Morgan fingerprint density at radius 1 is 1.25 bits per heavy atom. The van der Waals surface area contributed by atoms with Gasteiger partial charge >= 0.3 is 0 Å². The summed E-state index contributed by atoms with van der Waals surface area (Å²) in [6, 6.07) is 4.84. The Hall–Kier alpha value is -1.91. The van der Waals surface area contributed by atoms with Crippen molar-refractivity contribution in [3.8, 4) is 5.75 Å². The van der Waals surface area contributed by atoms with Crippen LogP contribution >= 0.6 is 0 Å². The minimum Gasteiger partial charge on any atom is -0.494 e. The van der Waals surface area contributed by atoms with Crippen molar-refractivity contribution in [1.29, 1.82) is 0 Å². The first-order valence-electron chi connectivity index (χ1n) is 6.89. The zero-order valence-electron chi connectivity index (χ0n) is 11.9. The van der Waals surface area contributed by atoms with E-state index in [4.69, 9.17) is 9.15 Å². The molecule has 108 valence electrons. The van der Waals surface area contributed by atoms with Crippen molar-refractivity contribution in [2.45, 2.75) is 39.5 Å². The Balaban J connectivity index is 1.97. The van der Waals surface area contributed by atoms with E-state index in [0.29, 0.717) is 42.5 Å². The van der Waals surface area contributed by atoms with E-state index in [1.165, 1.54) is 6.07 Å². The van der Waals surface area contributed by atoms with Crippen molar-refractivity contribution in [3.05, 3.63) is 41.4 Å². The van der Waals surface area contributed by atoms with Crippen molar-refractivity contribution in [2.24, 2.45) is 0 Å². The minimum atomic E-state index is -0.232. The molecule has 0 atom stereocenters. The van der Waals surface area contributed by atoms with Crippen LogP contribution in [-0.2, 0) is 12.8 Å². The highest BCUT2D eigenvalue weighted by molar-refractivity contribution is 5.30. The summed E-state index contributed by atoms with van der Waals surface area (Å²) in [5, 5.41) is 7.66. The third kappa shape index (κ3) is 4.05. The third-order valence-corrected chi connectivity index (χ3v) is 2.96. The van der Waals surface area contributed by atoms with Crippen LogP contribution in [0.1, 0.15) is 37.1 Å². The molecule has 1 aromatic carbocycles. The maximum absolute atomic E-state index is 13.7. The summed E-state index contributed by atoms with van der Waals surface area (Å²) in [6.07, 6.45) is 3.10. The molecule has 0 aliphatic heterocycles. The second-order valence-electron chi connectivity index (χ2n) is 4.67. The summed E-state index contributed by atoms with van der Waals surface area (Å²) in [4.78, 5) is 0. The first kappa shape index (κ1) is 14.5. The number of halogens is 1. The molecule has 0 N–H and O–H groups in total. The molecule has 0 saturated carbocycles. The first-order chi connectivity index (χ1) is 9.69. The fraction of sp³-hybridized carbons (Fsp3) is 0.467. The van der Waals surface area contributed by atoms with Crippen LogP contribution in [0, 0.1) is 12.7 Å². The molecule has 0 amide bonds. The lowest BCUT2D eigenvalue weighted by molar-refractivity contribution is 0.308. The molecule has 0 aliphatic carbocycles. The van der Waals surface area contributed by atoms with Gasteiger partial charge in [-0.15, -0.1) is 10.2 Å². The lowest BCUT2D eigenvalue weighted by Gasteiger charge is -2.08. The van der Waals surface area contributed by atoms with E-state index in [-0.39, 0.29) is 5.82 Å². The van der Waals surface area contributed by atoms with E-state index in [1.807, 2.05) is 0 Å². The number of rotatable bonds is 7. The maximum atomic E-state index is 13.7. The molecule has 4 nitrogen and oxygen atoms in total. The van der Waals surface area contributed by atoms with Crippen LogP contribution in [-0.4, -0.2) is 16.8 Å². The van der Waals surface area contributed by atoms with Gasteiger partial charge in [-0.3, -0.25) is 0 Å². The summed E-state index contributed by atoms with van der Waals surface area (Å²) in [7, 11) is 0. The molecular weight excluding hydrogens is 259 g/mol. The standard InChI is InChI=1S/C15H19FN2O2/c1-3-4-9-19-13-6-7-14(16)12(10-13)5-8-15-18-17-11(2)20-15/h6-7,10H,3-5,8-9H2,1-2H3. The summed E-state index contributed by atoms with van der Waals surface area (Å²) < 4.78 is 24.6. The van der Waals surface area contributed by atoms with Crippen LogP contribution in [0.2, 0.25) is 0 Å².